The van der Waals surface area contributed by atoms with E-state index in [1.54, 1.807) is 0 Å². The Hall–Kier alpha value is -0.800. The highest BCUT2D eigenvalue weighted by Crippen LogP contribution is 2.31. The van der Waals surface area contributed by atoms with Gasteiger partial charge in [0.25, 0.3) is 0 Å². The minimum absolute atomic E-state index is 0.232. The summed E-state index contributed by atoms with van der Waals surface area (Å²) in [6.07, 6.45) is 4.04. The molecule has 0 radical (unpaired) electrons. The van der Waals surface area contributed by atoms with Gasteiger partial charge in [-0.05, 0) is 18.2 Å². The van der Waals surface area contributed by atoms with E-state index in [1.807, 2.05) is 6.20 Å². The molecule has 2 rings (SSSR count). The summed E-state index contributed by atoms with van der Waals surface area (Å²) in [4.78, 5) is 3.10. The smallest absolute Gasteiger partial charge is 0.0598 e. The van der Waals surface area contributed by atoms with Gasteiger partial charge in [-0.2, -0.15) is 0 Å². The predicted octanol–water partition coefficient (Wildman–Crippen LogP) is 0.892. The largest absolute Gasteiger partial charge is 0.379 e. The van der Waals surface area contributed by atoms with Crippen molar-refractivity contribution >= 4 is 0 Å². The van der Waals surface area contributed by atoms with Gasteiger partial charge in [0.15, 0.2) is 0 Å². The molecule has 0 aromatic carbocycles. The van der Waals surface area contributed by atoms with Gasteiger partial charge in [-0.1, -0.05) is 6.92 Å². The number of hydrogen-bond donors (Lipinski definition) is 2. The molecule has 3 nitrogen and oxygen atoms in total. The van der Waals surface area contributed by atoms with Crippen LogP contribution in [0.15, 0.2) is 18.5 Å². The van der Waals surface area contributed by atoms with Gasteiger partial charge in [0, 0.05) is 18.9 Å². The zero-order chi connectivity index (χ0) is 9.15. The highest BCUT2D eigenvalue weighted by molar-refractivity contribution is 5.25. The summed E-state index contributed by atoms with van der Waals surface area (Å²) in [7, 11) is 0. The average Bonchev–Trinajstić information content (AvgIpc) is 2.56. The lowest BCUT2D eigenvalue weighted by Gasteiger charge is -2.41. The van der Waals surface area contributed by atoms with E-state index in [0.717, 1.165) is 26.3 Å². The second-order valence-corrected chi connectivity index (χ2v) is 3.65. The molecule has 1 fully saturated rings. The van der Waals surface area contributed by atoms with Gasteiger partial charge < -0.3 is 15.0 Å². The summed E-state index contributed by atoms with van der Waals surface area (Å²) in [5.41, 5.74) is 1.59. The third-order valence-corrected chi connectivity index (χ3v) is 2.68. The minimum Gasteiger partial charge on any atom is -0.379 e. The molecule has 0 atom stereocenters. The zero-order valence-electron chi connectivity index (χ0n) is 7.97. The maximum absolute atomic E-state index is 5.31. The first-order valence-electron chi connectivity index (χ1n) is 4.79. The van der Waals surface area contributed by atoms with Crippen LogP contribution in [-0.2, 0) is 10.2 Å². The Bertz CT molecular complexity index is 252. The molecule has 0 amide bonds. The molecular weight excluding hydrogens is 164 g/mol. The van der Waals surface area contributed by atoms with Gasteiger partial charge in [-0.25, -0.2) is 0 Å². The van der Waals surface area contributed by atoms with Crippen LogP contribution in [0, 0.1) is 0 Å². The molecule has 0 bridgehead atoms. The highest BCUT2D eigenvalue weighted by atomic mass is 16.5. The molecule has 2 N–H and O–H groups in total. The summed E-state index contributed by atoms with van der Waals surface area (Å²) in [6.45, 7) is 5.85. The van der Waals surface area contributed by atoms with Crippen LogP contribution in [0.3, 0.4) is 0 Å². The molecule has 0 saturated carbocycles. The highest BCUT2D eigenvalue weighted by Gasteiger charge is 2.40. The number of aromatic nitrogens is 1. The number of rotatable bonds is 4. The molecule has 0 spiro atoms. The van der Waals surface area contributed by atoms with Crippen LogP contribution in [0.4, 0.5) is 0 Å². The maximum Gasteiger partial charge on any atom is 0.0598 e. The molecule has 1 aliphatic rings. The fourth-order valence-electron chi connectivity index (χ4n) is 1.74. The van der Waals surface area contributed by atoms with Crippen molar-refractivity contribution < 1.29 is 4.74 Å². The number of H-pyrrole nitrogens is 1. The van der Waals surface area contributed by atoms with Gasteiger partial charge >= 0.3 is 0 Å². The third-order valence-electron chi connectivity index (χ3n) is 2.68. The molecule has 0 unspecified atom stereocenters. The molecule has 3 heteroatoms. The van der Waals surface area contributed by atoms with Crippen LogP contribution >= 0.6 is 0 Å². The summed E-state index contributed by atoms with van der Waals surface area (Å²) in [6, 6.07) is 2.14. The van der Waals surface area contributed by atoms with Gasteiger partial charge in [0.05, 0.1) is 18.6 Å². The number of hydrogen-bond acceptors (Lipinski definition) is 2. The van der Waals surface area contributed by atoms with Crippen molar-refractivity contribution in [3.63, 3.8) is 0 Å². The van der Waals surface area contributed by atoms with Crippen molar-refractivity contribution in [3.8, 4) is 0 Å². The Morgan fingerprint density at radius 2 is 2.46 bits per heavy atom. The van der Waals surface area contributed by atoms with E-state index in [9.17, 15) is 0 Å². The predicted molar refractivity (Wildman–Crippen MR) is 51.8 cm³/mol. The Morgan fingerprint density at radius 3 is 2.92 bits per heavy atom. The molecule has 72 valence electrons. The van der Waals surface area contributed by atoms with Crippen molar-refractivity contribution in [1.82, 2.24) is 10.3 Å². The molecule has 2 heterocycles. The van der Waals surface area contributed by atoms with E-state index in [0.29, 0.717) is 0 Å². The van der Waals surface area contributed by atoms with Gasteiger partial charge in [0.2, 0.25) is 0 Å². The second-order valence-electron chi connectivity index (χ2n) is 3.65. The second kappa shape index (κ2) is 3.52. The van der Waals surface area contributed by atoms with Crippen molar-refractivity contribution in [3.05, 3.63) is 24.0 Å². The molecule has 0 aliphatic carbocycles. The van der Waals surface area contributed by atoms with Gasteiger partial charge in [0.1, 0.15) is 0 Å². The quantitative estimate of drug-likeness (QED) is 0.722. The Balaban J connectivity index is 2.07. The Labute approximate surface area is 78.5 Å². The number of ether oxygens (including phenoxy) is 1. The lowest BCUT2D eigenvalue weighted by atomic mass is 9.80. The zero-order valence-corrected chi connectivity index (χ0v) is 7.97. The molecule has 1 saturated heterocycles. The maximum atomic E-state index is 5.31. The molecule has 1 aliphatic heterocycles. The van der Waals surface area contributed by atoms with Crippen LogP contribution in [-0.4, -0.2) is 31.3 Å². The van der Waals surface area contributed by atoms with E-state index in [4.69, 9.17) is 4.74 Å². The van der Waals surface area contributed by atoms with Crippen molar-refractivity contribution in [2.24, 2.45) is 0 Å². The van der Waals surface area contributed by atoms with Crippen LogP contribution < -0.4 is 5.32 Å². The molecule has 13 heavy (non-hydrogen) atoms. The van der Waals surface area contributed by atoms with Crippen molar-refractivity contribution in [2.75, 3.05) is 26.3 Å². The first kappa shape index (κ1) is 8.78. The molecule has 1 aromatic heterocycles. The number of nitrogens with one attached hydrogen (secondary N) is 2. The Kier molecular flexibility index (Phi) is 2.38. The van der Waals surface area contributed by atoms with Crippen molar-refractivity contribution in [1.29, 1.82) is 0 Å². The minimum atomic E-state index is 0.232. The Morgan fingerprint density at radius 1 is 1.62 bits per heavy atom. The monoisotopic (exact) mass is 180 g/mol. The van der Waals surface area contributed by atoms with E-state index < -0.39 is 0 Å². The fraction of sp³-hybridized carbons (Fsp3) is 0.600. The van der Waals surface area contributed by atoms with E-state index in [-0.39, 0.29) is 5.41 Å². The summed E-state index contributed by atoms with van der Waals surface area (Å²) >= 11 is 0. The first-order valence-corrected chi connectivity index (χ1v) is 4.79. The van der Waals surface area contributed by atoms with Gasteiger partial charge in [-0.15, -0.1) is 0 Å². The standard InChI is InChI=1S/C10H16N2O/c1-2-11-6-10(7-13-8-10)9-3-4-12-5-9/h3-5,11-12H,2,6-8H2,1H3. The van der Waals surface area contributed by atoms with Gasteiger partial charge in [-0.3, -0.25) is 0 Å². The van der Waals surface area contributed by atoms with E-state index >= 15 is 0 Å². The lowest BCUT2D eigenvalue weighted by Crippen LogP contribution is -2.53. The summed E-state index contributed by atoms with van der Waals surface area (Å²) in [5.74, 6) is 0. The summed E-state index contributed by atoms with van der Waals surface area (Å²) < 4.78 is 5.31. The molecular formula is C10H16N2O. The van der Waals surface area contributed by atoms with Crippen LogP contribution in [0.1, 0.15) is 12.5 Å². The first-order chi connectivity index (χ1) is 6.37. The van der Waals surface area contributed by atoms with Crippen LogP contribution in [0.5, 0.6) is 0 Å². The third kappa shape index (κ3) is 1.49. The summed E-state index contributed by atoms with van der Waals surface area (Å²) in [5, 5.41) is 3.39. The molecule has 1 aromatic rings. The van der Waals surface area contributed by atoms with E-state index in [1.165, 1.54) is 5.56 Å². The van der Waals surface area contributed by atoms with Crippen molar-refractivity contribution in [2.45, 2.75) is 12.3 Å². The normalized spacial score (nSPS) is 19.8. The lowest BCUT2D eigenvalue weighted by molar-refractivity contribution is -0.0587. The number of likely N-dealkylation sites (N-methyl/N-ethyl adjacent to an activating group) is 1. The van der Waals surface area contributed by atoms with E-state index in [2.05, 4.69) is 29.5 Å². The SMILES string of the molecule is CCNCC1(c2cc[nH]c2)COC1. The fourth-order valence-corrected chi connectivity index (χ4v) is 1.74. The number of aromatic amines is 1. The topological polar surface area (TPSA) is 37.0 Å². The van der Waals surface area contributed by atoms with Crippen LogP contribution in [0.25, 0.3) is 0 Å². The van der Waals surface area contributed by atoms with Crippen LogP contribution in [0.2, 0.25) is 0 Å². The average molecular weight is 180 g/mol.